The molecule has 1 aliphatic heterocycles. The summed E-state index contributed by atoms with van der Waals surface area (Å²) in [6, 6.07) is 23.2. The van der Waals surface area contributed by atoms with E-state index in [9.17, 15) is 4.79 Å². The number of quaternary nitrogens is 1. The number of amides is 1. The van der Waals surface area contributed by atoms with Gasteiger partial charge in [0.2, 0.25) is 0 Å². The van der Waals surface area contributed by atoms with E-state index in [4.69, 9.17) is 9.47 Å². The third kappa shape index (κ3) is 4.63. The number of carbonyl (C=O) groups is 1. The van der Waals surface area contributed by atoms with Crippen LogP contribution in [0, 0.1) is 13.8 Å². The van der Waals surface area contributed by atoms with Crippen molar-refractivity contribution in [3.63, 3.8) is 0 Å². The zero-order valence-electron chi connectivity index (χ0n) is 17.3. The number of nitrogens with two attached hydrogens (primary N) is 1. The largest absolute Gasteiger partial charge is 0.486 e. The highest BCUT2D eigenvalue weighted by atomic mass is 16.6. The highest BCUT2D eigenvalue weighted by molar-refractivity contribution is 5.95. The predicted octanol–water partition coefficient (Wildman–Crippen LogP) is 3.39. The van der Waals surface area contributed by atoms with E-state index in [1.54, 1.807) is 0 Å². The van der Waals surface area contributed by atoms with Gasteiger partial charge in [-0.05, 0) is 43.2 Å². The van der Waals surface area contributed by atoms with Gasteiger partial charge in [-0.25, -0.2) is 0 Å². The number of fused-ring (bicyclic) bond motifs is 1. The Bertz CT molecular complexity index is 1020. The Morgan fingerprint density at radius 1 is 1.03 bits per heavy atom. The molecule has 1 heterocycles. The summed E-state index contributed by atoms with van der Waals surface area (Å²) >= 11 is 0. The molecule has 0 radical (unpaired) electrons. The van der Waals surface area contributed by atoms with Crippen molar-refractivity contribution in [3.05, 3.63) is 89.5 Å². The van der Waals surface area contributed by atoms with E-state index in [-0.39, 0.29) is 18.1 Å². The van der Waals surface area contributed by atoms with E-state index in [0.717, 1.165) is 33.9 Å². The number of nitrogens with one attached hydrogen (secondary N) is 1. The standard InChI is InChI=1S/C25H26N2O3/c1-17-12-13-18(2)21(14-17)27-25(28)24(19-8-4-3-5-9-19)26-15-20-16-29-22-10-6-7-11-23(22)30-20/h3-14,20,24,26H,15-16H2,1-2H3,(H,27,28)/p+1/t20-,24-/m0/s1. The van der Waals surface area contributed by atoms with Gasteiger partial charge in [0.25, 0.3) is 5.91 Å². The zero-order chi connectivity index (χ0) is 20.9. The number of carbonyl (C=O) groups excluding carboxylic acids is 1. The Balaban J connectivity index is 1.48. The van der Waals surface area contributed by atoms with E-state index in [0.29, 0.717) is 13.2 Å². The second kappa shape index (κ2) is 9.01. The van der Waals surface area contributed by atoms with Crippen LogP contribution in [-0.2, 0) is 4.79 Å². The molecule has 1 amide bonds. The van der Waals surface area contributed by atoms with Gasteiger partial charge in [0.1, 0.15) is 13.2 Å². The van der Waals surface area contributed by atoms with Crippen LogP contribution in [-0.4, -0.2) is 25.2 Å². The molecule has 5 nitrogen and oxygen atoms in total. The van der Waals surface area contributed by atoms with E-state index in [2.05, 4.69) is 5.32 Å². The van der Waals surface area contributed by atoms with Crippen LogP contribution in [0.3, 0.4) is 0 Å². The third-order valence-corrected chi connectivity index (χ3v) is 5.29. The minimum absolute atomic E-state index is 0.0490. The van der Waals surface area contributed by atoms with Crippen LogP contribution < -0.4 is 20.1 Å². The number of hydrogen-bond donors (Lipinski definition) is 2. The smallest absolute Gasteiger partial charge is 0.287 e. The first kappa shape index (κ1) is 20.0. The maximum atomic E-state index is 13.2. The zero-order valence-corrected chi connectivity index (χ0v) is 17.3. The van der Waals surface area contributed by atoms with Crippen molar-refractivity contribution in [3.8, 4) is 11.5 Å². The van der Waals surface area contributed by atoms with Crippen LogP contribution in [0.25, 0.3) is 0 Å². The van der Waals surface area contributed by atoms with Crippen LogP contribution >= 0.6 is 0 Å². The molecule has 154 valence electrons. The number of ether oxygens (including phenoxy) is 2. The molecule has 0 aliphatic carbocycles. The molecule has 2 atom stereocenters. The molecule has 0 saturated heterocycles. The van der Waals surface area contributed by atoms with E-state index >= 15 is 0 Å². The van der Waals surface area contributed by atoms with Crippen LogP contribution in [0.15, 0.2) is 72.8 Å². The first-order valence-electron chi connectivity index (χ1n) is 10.2. The molecule has 0 bridgehead atoms. The van der Waals surface area contributed by atoms with Crippen molar-refractivity contribution in [1.82, 2.24) is 0 Å². The van der Waals surface area contributed by atoms with Crippen molar-refractivity contribution in [2.75, 3.05) is 18.5 Å². The molecule has 1 aliphatic rings. The molecule has 0 saturated carbocycles. The molecule has 0 unspecified atom stereocenters. The Hall–Kier alpha value is -3.31. The van der Waals surface area contributed by atoms with Gasteiger partial charge in [0.15, 0.2) is 23.6 Å². The normalized spacial score (nSPS) is 16.0. The number of benzene rings is 3. The van der Waals surface area contributed by atoms with Gasteiger partial charge in [0, 0.05) is 11.3 Å². The predicted molar refractivity (Wildman–Crippen MR) is 117 cm³/mol. The second-order valence-corrected chi connectivity index (χ2v) is 7.66. The van der Waals surface area contributed by atoms with Crippen molar-refractivity contribution in [2.45, 2.75) is 26.0 Å². The molecule has 0 spiro atoms. The lowest BCUT2D eigenvalue weighted by atomic mass is 10.0. The summed E-state index contributed by atoms with van der Waals surface area (Å²) in [7, 11) is 0. The molecule has 0 aromatic heterocycles. The monoisotopic (exact) mass is 403 g/mol. The molecule has 4 rings (SSSR count). The van der Waals surface area contributed by atoms with Gasteiger partial charge in [-0.1, -0.05) is 54.6 Å². The first-order chi connectivity index (χ1) is 14.6. The van der Waals surface area contributed by atoms with Gasteiger partial charge >= 0.3 is 0 Å². The minimum Gasteiger partial charge on any atom is -0.486 e. The molecule has 3 aromatic rings. The van der Waals surface area contributed by atoms with Crippen LogP contribution in [0.2, 0.25) is 0 Å². The number of hydrogen-bond acceptors (Lipinski definition) is 3. The summed E-state index contributed by atoms with van der Waals surface area (Å²) in [5.74, 6) is 1.46. The second-order valence-electron chi connectivity index (χ2n) is 7.66. The van der Waals surface area contributed by atoms with Gasteiger partial charge in [-0.2, -0.15) is 0 Å². The van der Waals surface area contributed by atoms with Gasteiger partial charge in [-0.3, -0.25) is 4.79 Å². The van der Waals surface area contributed by atoms with Gasteiger partial charge < -0.3 is 20.1 Å². The summed E-state index contributed by atoms with van der Waals surface area (Å²) in [6.07, 6.45) is -0.125. The number of anilines is 1. The fraction of sp³-hybridized carbons (Fsp3) is 0.240. The minimum atomic E-state index is -0.383. The summed E-state index contributed by atoms with van der Waals surface area (Å²) in [6.45, 7) is 5.09. The SMILES string of the molecule is Cc1ccc(C)c(NC(=O)[C@@H]([NH2+]C[C@H]2COc3ccccc3O2)c2ccccc2)c1. The lowest BCUT2D eigenvalue weighted by molar-refractivity contribution is -0.687. The quantitative estimate of drug-likeness (QED) is 0.663. The van der Waals surface area contributed by atoms with E-state index < -0.39 is 0 Å². The fourth-order valence-corrected chi connectivity index (χ4v) is 3.60. The lowest BCUT2D eigenvalue weighted by Crippen LogP contribution is -2.89. The molecule has 30 heavy (non-hydrogen) atoms. The topological polar surface area (TPSA) is 64.2 Å². The number of para-hydroxylation sites is 2. The Kier molecular flexibility index (Phi) is 6.00. The number of rotatable bonds is 6. The van der Waals surface area contributed by atoms with E-state index in [1.807, 2.05) is 92.0 Å². The molecular weight excluding hydrogens is 376 g/mol. The Morgan fingerprint density at radius 3 is 2.57 bits per heavy atom. The summed E-state index contributed by atoms with van der Waals surface area (Å²) in [4.78, 5) is 13.2. The molecule has 5 heteroatoms. The highest BCUT2D eigenvalue weighted by Crippen LogP contribution is 2.30. The van der Waals surface area contributed by atoms with Crippen molar-refractivity contribution >= 4 is 11.6 Å². The van der Waals surface area contributed by atoms with Gasteiger partial charge in [-0.15, -0.1) is 0 Å². The van der Waals surface area contributed by atoms with Crippen molar-refractivity contribution in [2.24, 2.45) is 0 Å². The Labute approximate surface area is 177 Å². The summed E-state index contributed by atoms with van der Waals surface area (Å²) in [5.41, 5.74) is 3.96. The van der Waals surface area contributed by atoms with Crippen LogP contribution in [0.1, 0.15) is 22.7 Å². The van der Waals surface area contributed by atoms with E-state index in [1.165, 1.54) is 0 Å². The number of aryl methyl sites for hydroxylation is 2. The average molecular weight is 404 g/mol. The van der Waals surface area contributed by atoms with Crippen LogP contribution in [0.5, 0.6) is 11.5 Å². The average Bonchev–Trinajstić information content (AvgIpc) is 2.77. The molecule has 3 aromatic carbocycles. The van der Waals surface area contributed by atoms with Gasteiger partial charge in [0.05, 0.1) is 0 Å². The molecule has 3 N–H and O–H groups in total. The molecular formula is C25H27N2O3+. The Morgan fingerprint density at radius 2 is 1.77 bits per heavy atom. The maximum Gasteiger partial charge on any atom is 0.287 e. The van der Waals surface area contributed by atoms with Crippen LogP contribution in [0.4, 0.5) is 5.69 Å². The van der Waals surface area contributed by atoms with Crippen molar-refractivity contribution in [1.29, 1.82) is 0 Å². The van der Waals surface area contributed by atoms with Crippen molar-refractivity contribution < 1.29 is 19.6 Å². The first-order valence-corrected chi connectivity index (χ1v) is 10.2. The third-order valence-electron chi connectivity index (χ3n) is 5.29. The fourth-order valence-electron chi connectivity index (χ4n) is 3.60. The lowest BCUT2D eigenvalue weighted by Gasteiger charge is -2.26. The highest BCUT2D eigenvalue weighted by Gasteiger charge is 2.28. The summed E-state index contributed by atoms with van der Waals surface area (Å²) in [5, 5.41) is 5.14. The summed E-state index contributed by atoms with van der Waals surface area (Å²) < 4.78 is 11.9. The maximum absolute atomic E-state index is 13.2. The molecule has 0 fully saturated rings.